The van der Waals surface area contributed by atoms with Crippen LogP contribution in [0, 0.1) is 0 Å². The molecule has 1 amide bonds. The Morgan fingerprint density at radius 3 is 2.63 bits per heavy atom. The molecular weight excluding hydrogens is 334 g/mol. The van der Waals surface area contributed by atoms with Crippen LogP contribution in [0.2, 0.25) is 5.02 Å². The van der Waals surface area contributed by atoms with Gasteiger partial charge in [0.05, 0.1) is 17.0 Å². The number of carbonyl (C=O) groups is 2. The fourth-order valence-electron chi connectivity index (χ4n) is 1.83. The van der Waals surface area contributed by atoms with E-state index in [0.717, 1.165) is 4.47 Å². The van der Waals surface area contributed by atoms with E-state index in [4.69, 9.17) is 16.7 Å². The second-order valence-electron chi connectivity index (χ2n) is 4.16. The quantitative estimate of drug-likeness (QED) is 0.887. The van der Waals surface area contributed by atoms with Crippen LogP contribution >= 0.6 is 27.5 Å². The molecule has 0 aliphatic heterocycles. The van der Waals surface area contributed by atoms with Gasteiger partial charge in [0, 0.05) is 17.1 Å². The number of hydrogen-bond donors (Lipinski definition) is 1. The van der Waals surface area contributed by atoms with Crippen LogP contribution in [0.5, 0.6) is 0 Å². The van der Waals surface area contributed by atoms with Gasteiger partial charge in [0.2, 0.25) is 0 Å². The number of hydrogen-bond acceptors (Lipinski definition) is 2. The SMILES string of the molecule is CCN(C(=O)c1cc(Br)ccc1Cl)C(C)CC(=O)O. The Labute approximate surface area is 125 Å². The highest BCUT2D eigenvalue weighted by Gasteiger charge is 2.23. The summed E-state index contributed by atoms with van der Waals surface area (Å²) in [6, 6.07) is 4.64. The van der Waals surface area contributed by atoms with Crippen molar-refractivity contribution in [3.05, 3.63) is 33.3 Å². The Morgan fingerprint density at radius 2 is 2.11 bits per heavy atom. The van der Waals surface area contributed by atoms with Crippen molar-refractivity contribution in [1.29, 1.82) is 0 Å². The summed E-state index contributed by atoms with van der Waals surface area (Å²) in [6.45, 7) is 3.94. The van der Waals surface area contributed by atoms with Crippen LogP contribution in [-0.2, 0) is 4.79 Å². The molecule has 1 aromatic carbocycles. The van der Waals surface area contributed by atoms with Crippen molar-refractivity contribution in [2.45, 2.75) is 26.3 Å². The zero-order chi connectivity index (χ0) is 14.6. The van der Waals surface area contributed by atoms with Crippen molar-refractivity contribution in [2.75, 3.05) is 6.54 Å². The average Bonchev–Trinajstić information content (AvgIpc) is 2.32. The third-order valence-electron chi connectivity index (χ3n) is 2.76. The Kier molecular flexibility index (Phi) is 5.82. The van der Waals surface area contributed by atoms with Crippen LogP contribution in [0.25, 0.3) is 0 Å². The molecule has 1 aromatic rings. The number of rotatable bonds is 5. The van der Waals surface area contributed by atoms with Gasteiger partial charge in [-0.25, -0.2) is 0 Å². The molecule has 0 bridgehead atoms. The predicted octanol–water partition coefficient (Wildman–Crippen LogP) is 3.43. The fourth-order valence-corrected chi connectivity index (χ4v) is 2.39. The predicted molar refractivity (Wildman–Crippen MR) is 77.6 cm³/mol. The molecular formula is C13H15BrClNO3. The molecule has 0 aromatic heterocycles. The van der Waals surface area contributed by atoms with E-state index in [-0.39, 0.29) is 18.4 Å². The number of carboxylic acids is 1. The molecule has 0 saturated carbocycles. The summed E-state index contributed by atoms with van der Waals surface area (Å²) in [5, 5.41) is 9.16. The zero-order valence-corrected chi connectivity index (χ0v) is 13.0. The second kappa shape index (κ2) is 6.91. The lowest BCUT2D eigenvalue weighted by Gasteiger charge is -2.27. The number of halogens is 2. The van der Waals surface area contributed by atoms with Crippen LogP contribution in [0.1, 0.15) is 30.6 Å². The van der Waals surface area contributed by atoms with Crippen molar-refractivity contribution in [3.63, 3.8) is 0 Å². The molecule has 0 heterocycles. The monoisotopic (exact) mass is 347 g/mol. The normalized spacial score (nSPS) is 12.0. The Morgan fingerprint density at radius 1 is 1.47 bits per heavy atom. The second-order valence-corrected chi connectivity index (χ2v) is 5.49. The third kappa shape index (κ3) is 4.21. The first-order valence-corrected chi connectivity index (χ1v) is 7.01. The maximum absolute atomic E-state index is 12.4. The van der Waals surface area contributed by atoms with Crippen molar-refractivity contribution >= 4 is 39.4 Å². The first-order chi connectivity index (χ1) is 8.86. The summed E-state index contributed by atoms with van der Waals surface area (Å²) in [5.41, 5.74) is 0.370. The van der Waals surface area contributed by atoms with Gasteiger partial charge in [0.25, 0.3) is 5.91 Å². The van der Waals surface area contributed by atoms with Gasteiger partial charge in [-0.2, -0.15) is 0 Å². The van der Waals surface area contributed by atoms with Crippen LogP contribution in [0.4, 0.5) is 0 Å². The number of benzene rings is 1. The minimum Gasteiger partial charge on any atom is -0.481 e. The molecule has 0 spiro atoms. The van der Waals surface area contributed by atoms with Crippen molar-refractivity contribution in [2.24, 2.45) is 0 Å². The molecule has 1 rings (SSSR count). The van der Waals surface area contributed by atoms with Gasteiger partial charge in [-0.05, 0) is 32.0 Å². The minimum absolute atomic E-state index is 0.0921. The molecule has 0 aliphatic carbocycles. The highest BCUT2D eigenvalue weighted by molar-refractivity contribution is 9.10. The number of aliphatic carboxylic acids is 1. The van der Waals surface area contributed by atoms with E-state index in [2.05, 4.69) is 15.9 Å². The molecule has 1 N–H and O–H groups in total. The van der Waals surface area contributed by atoms with E-state index in [0.29, 0.717) is 17.1 Å². The van der Waals surface area contributed by atoms with Crippen molar-refractivity contribution < 1.29 is 14.7 Å². The molecule has 6 heteroatoms. The molecule has 0 saturated heterocycles. The topological polar surface area (TPSA) is 57.6 Å². The van der Waals surface area contributed by atoms with Crippen molar-refractivity contribution in [3.8, 4) is 0 Å². The lowest BCUT2D eigenvalue weighted by Crippen LogP contribution is -2.39. The summed E-state index contributed by atoms with van der Waals surface area (Å²) < 4.78 is 0.752. The first kappa shape index (κ1) is 16.0. The first-order valence-electron chi connectivity index (χ1n) is 5.84. The third-order valence-corrected chi connectivity index (χ3v) is 3.59. The Hall–Kier alpha value is -1.07. The lowest BCUT2D eigenvalue weighted by atomic mass is 10.1. The van der Waals surface area contributed by atoms with E-state index < -0.39 is 5.97 Å². The molecule has 0 radical (unpaired) electrons. The van der Waals surface area contributed by atoms with Gasteiger partial charge in [-0.3, -0.25) is 9.59 Å². The Bertz CT molecular complexity index is 493. The summed E-state index contributed by atoms with van der Waals surface area (Å²) in [5.74, 6) is -1.19. The fraction of sp³-hybridized carbons (Fsp3) is 0.385. The van der Waals surface area contributed by atoms with Gasteiger partial charge >= 0.3 is 5.97 Å². The van der Waals surface area contributed by atoms with Crippen LogP contribution in [-0.4, -0.2) is 34.5 Å². The van der Waals surface area contributed by atoms with Gasteiger partial charge in [0.1, 0.15) is 0 Å². The van der Waals surface area contributed by atoms with E-state index in [9.17, 15) is 9.59 Å². The van der Waals surface area contributed by atoms with E-state index in [1.807, 2.05) is 6.92 Å². The van der Waals surface area contributed by atoms with Crippen LogP contribution in [0.3, 0.4) is 0 Å². The largest absolute Gasteiger partial charge is 0.481 e. The highest BCUT2D eigenvalue weighted by atomic mass is 79.9. The lowest BCUT2D eigenvalue weighted by molar-refractivity contribution is -0.138. The van der Waals surface area contributed by atoms with Gasteiger partial charge in [-0.1, -0.05) is 27.5 Å². The number of carboxylic acid groups (broad SMARTS) is 1. The molecule has 1 atom stereocenters. The highest BCUT2D eigenvalue weighted by Crippen LogP contribution is 2.23. The number of amides is 1. The minimum atomic E-state index is -0.931. The summed E-state index contributed by atoms with van der Waals surface area (Å²) in [6.07, 6.45) is -0.0921. The summed E-state index contributed by atoms with van der Waals surface area (Å²) in [4.78, 5) is 24.6. The molecule has 104 valence electrons. The van der Waals surface area contributed by atoms with E-state index in [1.165, 1.54) is 4.90 Å². The van der Waals surface area contributed by atoms with Crippen molar-refractivity contribution in [1.82, 2.24) is 4.90 Å². The average molecular weight is 349 g/mol. The van der Waals surface area contributed by atoms with Gasteiger partial charge < -0.3 is 10.0 Å². The van der Waals surface area contributed by atoms with Crippen LogP contribution < -0.4 is 0 Å². The maximum atomic E-state index is 12.4. The van der Waals surface area contributed by atoms with Gasteiger partial charge in [-0.15, -0.1) is 0 Å². The van der Waals surface area contributed by atoms with Crippen LogP contribution in [0.15, 0.2) is 22.7 Å². The molecule has 0 aliphatic rings. The van der Waals surface area contributed by atoms with E-state index in [1.54, 1.807) is 25.1 Å². The molecule has 0 fully saturated rings. The molecule has 4 nitrogen and oxygen atoms in total. The van der Waals surface area contributed by atoms with Gasteiger partial charge in [0.15, 0.2) is 0 Å². The Balaban J connectivity index is 3.01. The number of nitrogens with zero attached hydrogens (tertiary/aromatic N) is 1. The standard InChI is InChI=1S/C13H15BrClNO3/c1-3-16(8(2)6-12(17)18)13(19)10-7-9(14)4-5-11(10)15/h4-5,7-8H,3,6H2,1-2H3,(H,17,18). The molecule has 1 unspecified atom stereocenters. The summed E-state index contributed by atoms with van der Waals surface area (Å²) in [7, 11) is 0. The maximum Gasteiger partial charge on any atom is 0.305 e. The zero-order valence-electron chi connectivity index (χ0n) is 10.7. The number of carbonyl (C=O) groups excluding carboxylic acids is 1. The van der Waals surface area contributed by atoms with E-state index >= 15 is 0 Å². The smallest absolute Gasteiger partial charge is 0.305 e. The summed E-state index contributed by atoms with van der Waals surface area (Å²) >= 11 is 9.31. The molecule has 19 heavy (non-hydrogen) atoms.